The van der Waals surface area contributed by atoms with Gasteiger partial charge in [0.25, 0.3) is 5.89 Å². The Bertz CT molecular complexity index is 1240. The lowest BCUT2D eigenvalue weighted by molar-refractivity contribution is -0.131. The highest BCUT2D eigenvalue weighted by molar-refractivity contribution is 9.10. The van der Waals surface area contributed by atoms with Crippen LogP contribution in [0.15, 0.2) is 52.0 Å². The molecule has 4 aromatic rings. The Morgan fingerprint density at radius 3 is 2.72 bits per heavy atom. The third-order valence-corrected chi connectivity index (χ3v) is 6.22. The van der Waals surface area contributed by atoms with Gasteiger partial charge >= 0.3 is 0 Å². The van der Waals surface area contributed by atoms with Crippen molar-refractivity contribution in [3.63, 3.8) is 0 Å². The number of fused-ring (bicyclic) bond motifs is 1. The van der Waals surface area contributed by atoms with Crippen LogP contribution in [-0.4, -0.2) is 48.6 Å². The molecule has 1 aliphatic rings. The van der Waals surface area contributed by atoms with E-state index in [0.717, 1.165) is 52.6 Å². The molecule has 0 radical (unpaired) electrons. The van der Waals surface area contributed by atoms with Crippen molar-refractivity contribution in [1.29, 1.82) is 0 Å². The van der Waals surface area contributed by atoms with E-state index in [-0.39, 0.29) is 5.91 Å². The number of nitrogens with zero attached hydrogens (tertiary/aromatic N) is 6. The molecule has 8 nitrogen and oxygen atoms in total. The van der Waals surface area contributed by atoms with E-state index in [2.05, 4.69) is 36.0 Å². The van der Waals surface area contributed by atoms with Gasteiger partial charge in [-0.3, -0.25) is 9.78 Å². The first-order valence-electron chi connectivity index (χ1n) is 10.8. The summed E-state index contributed by atoms with van der Waals surface area (Å²) in [5.41, 5.74) is 3.39. The van der Waals surface area contributed by atoms with E-state index >= 15 is 0 Å². The fourth-order valence-corrected chi connectivity index (χ4v) is 4.43. The number of imidazole rings is 1. The van der Waals surface area contributed by atoms with Gasteiger partial charge in [0, 0.05) is 48.5 Å². The number of benzene rings is 1. The molecule has 3 aromatic heterocycles. The normalized spacial score (nSPS) is 14.6. The third-order valence-electron chi connectivity index (χ3n) is 5.78. The first kappa shape index (κ1) is 20.8. The number of carbonyl (C=O) groups excluding carboxylic acids is 1. The molecule has 32 heavy (non-hydrogen) atoms. The Hall–Kier alpha value is -3.07. The molecule has 0 bridgehead atoms. The lowest BCUT2D eigenvalue weighted by Gasteiger charge is -2.20. The Labute approximate surface area is 193 Å². The minimum absolute atomic E-state index is 0.228. The molecule has 1 fully saturated rings. The highest BCUT2D eigenvalue weighted by atomic mass is 79.9. The first-order valence-corrected chi connectivity index (χ1v) is 11.6. The SMILES string of the molecule is O=C(CCn1cnc2cc(-c3noc(-c4cncc(Br)c4)n3)ccc21)N1CCCCCC1. The Morgan fingerprint density at radius 2 is 1.91 bits per heavy atom. The average molecular weight is 495 g/mol. The number of pyridine rings is 1. The van der Waals surface area contributed by atoms with Crippen LogP contribution in [0.5, 0.6) is 0 Å². The number of rotatable bonds is 5. The van der Waals surface area contributed by atoms with Crippen LogP contribution in [0.3, 0.4) is 0 Å². The molecule has 1 aromatic carbocycles. The minimum Gasteiger partial charge on any atom is -0.343 e. The van der Waals surface area contributed by atoms with Crippen molar-refractivity contribution in [2.75, 3.05) is 13.1 Å². The van der Waals surface area contributed by atoms with Gasteiger partial charge in [-0.2, -0.15) is 4.98 Å². The summed E-state index contributed by atoms with van der Waals surface area (Å²) in [5.74, 6) is 1.13. The zero-order valence-electron chi connectivity index (χ0n) is 17.6. The van der Waals surface area contributed by atoms with Crippen LogP contribution in [0.1, 0.15) is 32.1 Å². The van der Waals surface area contributed by atoms with Gasteiger partial charge in [-0.1, -0.05) is 18.0 Å². The lowest BCUT2D eigenvalue weighted by atomic mass is 10.2. The van der Waals surface area contributed by atoms with Crippen molar-refractivity contribution in [2.45, 2.75) is 38.6 Å². The summed E-state index contributed by atoms with van der Waals surface area (Å²) in [6, 6.07) is 7.76. The van der Waals surface area contributed by atoms with Crippen molar-refractivity contribution in [1.82, 2.24) is 29.6 Å². The molecule has 0 unspecified atom stereocenters. The lowest BCUT2D eigenvalue weighted by Crippen LogP contribution is -2.32. The summed E-state index contributed by atoms with van der Waals surface area (Å²) in [6.07, 6.45) is 10.3. The predicted molar refractivity (Wildman–Crippen MR) is 124 cm³/mol. The van der Waals surface area contributed by atoms with Gasteiger partial charge in [0.05, 0.1) is 22.9 Å². The topological polar surface area (TPSA) is 89.9 Å². The summed E-state index contributed by atoms with van der Waals surface area (Å²) in [7, 11) is 0. The van der Waals surface area contributed by atoms with Crippen molar-refractivity contribution < 1.29 is 9.32 Å². The Kier molecular flexibility index (Phi) is 5.98. The van der Waals surface area contributed by atoms with Crippen molar-refractivity contribution in [3.05, 3.63) is 47.5 Å². The van der Waals surface area contributed by atoms with Crippen LogP contribution in [0.2, 0.25) is 0 Å². The number of aryl methyl sites for hydroxylation is 1. The number of halogens is 1. The fraction of sp³-hybridized carbons (Fsp3) is 0.348. The molecule has 0 spiro atoms. The molecule has 1 amide bonds. The van der Waals surface area contributed by atoms with Gasteiger partial charge in [0.2, 0.25) is 11.7 Å². The summed E-state index contributed by atoms with van der Waals surface area (Å²) >= 11 is 3.40. The first-order chi connectivity index (χ1) is 15.7. The molecule has 4 heterocycles. The molecule has 0 atom stereocenters. The second-order valence-corrected chi connectivity index (χ2v) is 8.92. The van der Waals surface area contributed by atoms with Crippen LogP contribution >= 0.6 is 15.9 Å². The summed E-state index contributed by atoms with van der Waals surface area (Å²) in [5, 5.41) is 4.11. The van der Waals surface area contributed by atoms with E-state index in [0.29, 0.717) is 24.7 Å². The van der Waals surface area contributed by atoms with Crippen molar-refractivity contribution >= 4 is 32.9 Å². The monoisotopic (exact) mass is 494 g/mol. The maximum Gasteiger partial charge on any atom is 0.259 e. The predicted octanol–water partition coefficient (Wildman–Crippen LogP) is 4.70. The van der Waals surface area contributed by atoms with Gasteiger partial charge in [0.1, 0.15) is 0 Å². The maximum absolute atomic E-state index is 12.6. The molecule has 5 rings (SSSR count). The second-order valence-electron chi connectivity index (χ2n) is 8.00. The molecule has 1 aliphatic heterocycles. The number of amides is 1. The standard InChI is InChI=1S/C23H23BrN6O2/c24-18-11-17(13-25-14-18)23-27-22(28-32-23)16-5-6-20-19(12-16)26-15-30(20)10-7-21(31)29-8-3-1-2-4-9-29/h5-6,11-15H,1-4,7-10H2. The fourth-order valence-electron chi connectivity index (χ4n) is 4.06. The van der Waals surface area contributed by atoms with E-state index in [1.165, 1.54) is 12.8 Å². The Morgan fingerprint density at radius 1 is 1.06 bits per heavy atom. The molecule has 0 aliphatic carbocycles. The van der Waals surface area contributed by atoms with E-state index in [9.17, 15) is 4.79 Å². The Balaban J connectivity index is 1.30. The van der Waals surface area contributed by atoms with Crippen LogP contribution in [0.25, 0.3) is 33.9 Å². The van der Waals surface area contributed by atoms with Crippen molar-refractivity contribution in [2.24, 2.45) is 0 Å². The van der Waals surface area contributed by atoms with E-state index in [1.807, 2.05) is 33.7 Å². The van der Waals surface area contributed by atoms with Gasteiger partial charge in [0.15, 0.2) is 0 Å². The van der Waals surface area contributed by atoms with Gasteiger partial charge in [-0.25, -0.2) is 4.98 Å². The third kappa shape index (κ3) is 4.43. The van der Waals surface area contributed by atoms with E-state index in [1.54, 1.807) is 18.7 Å². The molecule has 0 N–H and O–H groups in total. The highest BCUT2D eigenvalue weighted by Crippen LogP contribution is 2.26. The summed E-state index contributed by atoms with van der Waals surface area (Å²) in [4.78, 5) is 27.8. The van der Waals surface area contributed by atoms with Crippen LogP contribution in [0.4, 0.5) is 0 Å². The molecular formula is C23H23BrN6O2. The molecule has 9 heteroatoms. The molecule has 1 saturated heterocycles. The van der Waals surface area contributed by atoms with Gasteiger partial charge in [-0.15, -0.1) is 0 Å². The number of carbonyl (C=O) groups is 1. The molecule has 164 valence electrons. The largest absolute Gasteiger partial charge is 0.343 e. The number of hydrogen-bond acceptors (Lipinski definition) is 6. The highest BCUT2D eigenvalue weighted by Gasteiger charge is 2.16. The zero-order valence-corrected chi connectivity index (χ0v) is 19.2. The van der Waals surface area contributed by atoms with Crippen LogP contribution < -0.4 is 0 Å². The van der Waals surface area contributed by atoms with E-state index in [4.69, 9.17) is 4.52 Å². The number of aromatic nitrogens is 5. The average Bonchev–Trinajstić information content (AvgIpc) is 3.36. The van der Waals surface area contributed by atoms with Crippen LogP contribution in [-0.2, 0) is 11.3 Å². The zero-order chi connectivity index (χ0) is 21.9. The van der Waals surface area contributed by atoms with Gasteiger partial charge in [-0.05, 0) is 53.0 Å². The summed E-state index contributed by atoms with van der Waals surface area (Å²) in [6.45, 7) is 2.39. The smallest absolute Gasteiger partial charge is 0.259 e. The quantitative estimate of drug-likeness (QED) is 0.399. The van der Waals surface area contributed by atoms with Gasteiger partial charge < -0.3 is 14.0 Å². The minimum atomic E-state index is 0.228. The van der Waals surface area contributed by atoms with Crippen molar-refractivity contribution in [3.8, 4) is 22.8 Å². The molecule has 0 saturated carbocycles. The summed E-state index contributed by atoms with van der Waals surface area (Å²) < 4.78 is 8.29. The molecular weight excluding hydrogens is 472 g/mol. The van der Waals surface area contributed by atoms with Crippen LogP contribution in [0, 0.1) is 0 Å². The number of hydrogen-bond donors (Lipinski definition) is 0. The maximum atomic E-state index is 12.6. The second kappa shape index (κ2) is 9.20. The van der Waals surface area contributed by atoms with E-state index < -0.39 is 0 Å². The number of likely N-dealkylation sites (tertiary alicyclic amines) is 1.